The predicted molar refractivity (Wildman–Crippen MR) is 59.9 cm³/mol. The van der Waals surface area contributed by atoms with Crippen LogP contribution < -0.4 is 0 Å². The molecule has 1 N–H and O–H groups in total. The maximum absolute atomic E-state index is 11.4. The van der Waals surface area contributed by atoms with Crippen LogP contribution in [0, 0.1) is 0 Å². The summed E-state index contributed by atoms with van der Waals surface area (Å²) in [7, 11) is 1.65. The van der Waals surface area contributed by atoms with Crippen molar-refractivity contribution in [3.8, 4) is 0 Å². The zero-order chi connectivity index (χ0) is 12.6. The number of carbonyl (C=O) groups is 2. The van der Waals surface area contributed by atoms with Crippen molar-refractivity contribution in [1.29, 1.82) is 0 Å². The van der Waals surface area contributed by atoms with Gasteiger partial charge >= 0.3 is 12.1 Å². The molecule has 0 saturated carbocycles. The Kier molecular flexibility index (Phi) is 2.53. The molecule has 1 heterocycles. The van der Waals surface area contributed by atoms with Crippen molar-refractivity contribution in [2.45, 2.75) is 12.5 Å². The summed E-state index contributed by atoms with van der Waals surface area (Å²) in [6.45, 7) is 2.18. The maximum atomic E-state index is 11.4. The van der Waals surface area contributed by atoms with Crippen molar-refractivity contribution in [1.82, 2.24) is 4.90 Å². The Bertz CT molecular complexity index is 485. The standard InChI is InChI=1S/C12H13NO4/c1-12(7-13(2)11(16)17-12)9-5-3-4-8(6-9)10(14)15/h3-6H,7H2,1-2H3,(H,14,15). The third-order valence-corrected chi connectivity index (χ3v) is 2.88. The first kappa shape index (κ1) is 11.4. The highest BCUT2D eigenvalue weighted by Gasteiger charge is 2.41. The van der Waals surface area contributed by atoms with Crippen LogP contribution in [0.5, 0.6) is 0 Å². The van der Waals surface area contributed by atoms with Gasteiger partial charge in [-0.1, -0.05) is 12.1 Å². The molecule has 0 aliphatic carbocycles. The number of carboxylic acid groups (broad SMARTS) is 1. The Hall–Kier alpha value is -2.04. The van der Waals surface area contributed by atoms with E-state index in [2.05, 4.69) is 0 Å². The number of aromatic carboxylic acids is 1. The van der Waals surface area contributed by atoms with Gasteiger partial charge in [-0.05, 0) is 24.6 Å². The second kappa shape index (κ2) is 3.76. The molecule has 1 aromatic rings. The van der Waals surface area contributed by atoms with Crippen molar-refractivity contribution in [3.05, 3.63) is 35.4 Å². The molecule has 5 nitrogen and oxygen atoms in total. The van der Waals surface area contributed by atoms with E-state index in [1.54, 1.807) is 26.1 Å². The Labute approximate surface area is 98.6 Å². The fourth-order valence-electron chi connectivity index (χ4n) is 1.95. The van der Waals surface area contributed by atoms with Crippen molar-refractivity contribution < 1.29 is 19.4 Å². The Morgan fingerprint density at radius 2 is 2.24 bits per heavy atom. The van der Waals surface area contributed by atoms with Crippen LogP contribution >= 0.6 is 0 Å². The molecular weight excluding hydrogens is 222 g/mol. The van der Waals surface area contributed by atoms with Crippen LogP contribution in [0.15, 0.2) is 24.3 Å². The lowest BCUT2D eigenvalue weighted by atomic mass is 9.94. The first-order valence-electron chi connectivity index (χ1n) is 5.20. The highest BCUT2D eigenvalue weighted by atomic mass is 16.6. The van der Waals surface area contributed by atoms with Crippen LogP contribution in [0.2, 0.25) is 0 Å². The summed E-state index contributed by atoms with van der Waals surface area (Å²) in [5.41, 5.74) is 0.0986. The summed E-state index contributed by atoms with van der Waals surface area (Å²) in [5.74, 6) is -0.992. The van der Waals surface area contributed by atoms with E-state index in [1.165, 1.54) is 17.0 Å². The quantitative estimate of drug-likeness (QED) is 0.846. The summed E-state index contributed by atoms with van der Waals surface area (Å²) < 4.78 is 5.28. The van der Waals surface area contributed by atoms with E-state index in [9.17, 15) is 9.59 Å². The molecule has 1 aromatic carbocycles. The van der Waals surface area contributed by atoms with Crippen molar-refractivity contribution in [2.24, 2.45) is 0 Å². The fourth-order valence-corrected chi connectivity index (χ4v) is 1.95. The number of hydrogen-bond acceptors (Lipinski definition) is 3. The van der Waals surface area contributed by atoms with Gasteiger partial charge in [0.2, 0.25) is 0 Å². The second-order valence-corrected chi connectivity index (χ2v) is 4.34. The predicted octanol–water partition coefficient (Wildman–Crippen LogP) is 1.68. The smallest absolute Gasteiger partial charge is 0.410 e. The molecule has 1 fully saturated rings. The lowest BCUT2D eigenvalue weighted by molar-refractivity contribution is 0.0685. The van der Waals surface area contributed by atoms with Crippen molar-refractivity contribution in [3.63, 3.8) is 0 Å². The number of nitrogens with zero attached hydrogens (tertiary/aromatic N) is 1. The average molecular weight is 235 g/mol. The van der Waals surface area contributed by atoms with E-state index in [4.69, 9.17) is 9.84 Å². The number of carboxylic acids is 1. The van der Waals surface area contributed by atoms with E-state index < -0.39 is 17.7 Å². The van der Waals surface area contributed by atoms with Gasteiger partial charge in [0.1, 0.15) is 0 Å². The van der Waals surface area contributed by atoms with Crippen LogP contribution in [-0.4, -0.2) is 35.7 Å². The number of cyclic esters (lactones) is 1. The molecule has 0 aromatic heterocycles. The van der Waals surface area contributed by atoms with Crippen LogP contribution in [0.1, 0.15) is 22.8 Å². The van der Waals surface area contributed by atoms with Gasteiger partial charge in [-0.3, -0.25) is 0 Å². The minimum absolute atomic E-state index is 0.189. The lowest BCUT2D eigenvalue weighted by Crippen LogP contribution is -2.27. The highest BCUT2D eigenvalue weighted by molar-refractivity contribution is 5.87. The summed E-state index contributed by atoms with van der Waals surface area (Å²) in [6.07, 6.45) is -0.395. The minimum atomic E-state index is -0.992. The number of amides is 1. The van der Waals surface area contributed by atoms with E-state index in [0.717, 1.165) is 0 Å². The number of likely N-dealkylation sites (N-methyl/N-ethyl adjacent to an activating group) is 1. The minimum Gasteiger partial charge on any atom is -0.478 e. The van der Waals surface area contributed by atoms with Gasteiger partial charge < -0.3 is 14.7 Å². The normalized spacial score (nSPS) is 23.6. The third kappa shape index (κ3) is 1.95. The van der Waals surface area contributed by atoms with Gasteiger partial charge in [-0.25, -0.2) is 9.59 Å². The van der Waals surface area contributed by atoms with E-state index >= 15 is 0 Å². The number of hydrogen-bond donors (Lipinski definition) is 1. The van der Waals surface area contributed by atoms with Gasteiger partial charge in [0.25, 0.3) is 0 Å². The van der Waals surface area contributed by atoms with Crippen molar-refractivity contribution in [2.75, 3.05) is 13.6 Å². The zero-order valence-corrected chi connectivity index (χ0v) is 9.64. The molecule has 17 heavy (non-hydrogen) atoms. The van der Waals surface area contributed by atoms with E-state index in [0.29, 0.717) is 12.1 Å². The van der Waals surface area contributed by atoms with Crippen molar-refractivity contribution >= 4 is 12.1 Å². The first-order valence-corrected chi connectivity index (χ1v) is 5.20. The summed E-state index contributed by atoms with van der Waals surface area (Å²) in [5, 5.41) is 8.92. The molecule has 1 atom stereocenters. The number of ether oxygens (including phenoxy) is 1. The molecule has 0 radical (unpaired) electrons. The Balaban J connectivity index is 2.37. The molecule has 90 valence electrons. The van der Waals surface area contributed by atoms with Crippen LogP contribution in [-0.2, 0) is 10.3 Å². The molecule has 5 heteroatoms. The van der Waals surface area contributed by atoms with Gasteiger partial charge in [0, 0.05) is 7.05 Å². The molecule has 1 saturated heterocycles. The average Bonchev–Trinajstić information content (AvgIpc) is 2.54. The summed E-state index contributed by atoms with van der Waals surface area (Å²) in [4.78, 5) is 23.7. The molecule has 0 spiro atoms. The number of rotatable bonds is 2. The molecule has 1 aliphatic rings. The van der Waals surface area contributed by atoms with E-state index in [1.807, 2.05) is 0 Å². The van der Waals surface area contributed by atoms with Crippen LogP contribution in [0.4, 0.5) is 4.79 Å². The Morgan fingerprint density at radius 1 is 1.53 bits per heavy atom. The topological polar surface area (TPSA) is 66.8 Å². The van der Waals surface area contributed by atoms with E-state index in [-0.39, 0.29) is 5.56 Å². The molecule has 0 bridgehead atoms. The van der Waals surface area contributed by atoms with Gasteiger partial charge in [-0.2, -0.15) is 0 Å². The van der Waals surface area contributed by atoms with Gasteiger partial charge in [0.05, 0.1) is 12.1 Å². The lowest BCUT2D eigenvalue weighted by Gasteiger charge is -2.22. The number of carbonyl (C=O) groups excluding carboxylic acids is 1. The molecular formula is C12H13NO4. The maximum Gasteiger partial charge on any atom is 0.410 e. The zero-order valence-electron chi connectivity index (χ0n) is 9.64. The molecule has 1 aliphatic heterocycles. The molecule has 1 unspecified atom stereocenters. The number of benzene rings is 1. The third-order valence-electron chi connectivity index (χ3n) is 2.88. The second-order valence-electron chi connectivity index (χ2n) is 4.34. The molecule has 2 rings (SSSR count). The summed E-state index contributed by atoms with van der Waals surface area (Å²) >= 11 is 0. The van der Waals surface area contributed by atoms with Gasteiger partial charge in [-0.15, -0.1) is 0 Å². The van der Waals surface area contributed by atoms with Crippen LogP contribution in [0.3, 0.4) is 0 Å². The highest BCUT2D eigenvalue weighted by Crippen LogP contribution is 2.32. The molecule has 1 amide bonds. The largest absolute Gasteiger partial charge is 0.478 e. The monoisotopic (exact) mass is 235 g/mol. The Morgan fingerprint density at radius 3 is 2.76 bits per heavy atom. The fraction of sp³-hybridized carbons (Fsp3) is 0.333. The SMILES string of the molecule is CN1CC(C)(c2cccc(C(=O)O)c2)OC1=O. The summed E-state index contributed by atoms with van der Waals surface area (Å²) in [6, 6.07) is 6.46. The van der Waals surface area contributed by atoms with Gasteiger partial charge in [0.15, 0.2) is 5.60 Å². The van der Waals surface area contributed by atoms with Crippen LogP contribution in [0.25, 0.3) is 0 Å². The first-order chi connectivity index (χ1) is 7.92.